The Morgan fingerprint density at radius 1 is 1.28 bits per heavy atom. The normalized spacial score (nSPS) is 13.6. The molecular formula is C16H28N2. The zero-order chi connectivity index (χ0) is 13.6. The van der Waals surface area contributed by atoms with Crippen molar-refractivity contribution in [1.29, 1.82) is 0 Å². The summed E-state index contributed by atoms with van der Waals surface area (Å²) in [5.41, 5.74) is 8.35. The summed E-state index contributed by atoms with van der Waals surface area (Å²) in [6.45, 7) is 11.4. The van der Waals surface area contributed by atoms with Crippen LogP contribution in [0.25, 0.3) is 0 Å². The lowest BCUT2D eigenvalue weighted by Crippen LogP contribution is -2.30. The van der Waals surface area contributed by atoms with Gasteiger partial charge in [0.05, 0.1) is 0 Å². The first kappa shape index (κ1) is 15.0. The molecule has 0 aliphatic rings. The van der Waals surface area contributed by atoms with Crippen LogP contribution in [-0.4, -0.2) is 13.1 Å². The number of nitrogens with one attached hydrogen (secondary N) is 1. The van der Waals surface area contributed by atoms with E-state index in [2.05, 4.69) is 45.1 Å². The second kappa shape index (κ2) is 6.79. The Kier molecular flexibility index (Phi) is 5.67. The maximum atomic E-state index is 5.76. The highest BCUT2D eigenvalue weighted by atomic mass is 14.9. The molecule has 0 bridgehead atoms. The predicted molar refractivity (Wildman–Crippen MR) is 80.7 cm³/mol. The van der Waals surface area contributed by atoms with Crippen LogP contribution in [0.1, 0.15) is 39.7 Å². The maximum absolute atomic E-state index is 5.76. The minimum absolute atomic E-state index is 0.390. The standard InChI is InChI=1S/C16H28N2/c1-13(16(2,3)4)12-18-10-6-8-14-7-5-9-15(17)11-14/h5,7,9,11,13,18H,6,8,10,12,17H2,1-4H3. The molecule has 0 heterocycles. The largest absolute Gasteiger partial charge is 0.399 e. The van der Waals surface area contributed by atoms with Crippen LogP contribution in [0.4, 0.5) is 5.69 Å². The van der Waals surface area contributed by atoms with Gasteiger partial charge in [-0.1, -0.05) is 39.8 Å². The molecule has 0 saturated carbocycles. The minimum Gasteiger partial charge on any atom is -0.399 e. The fourth-order valence-corrected chi connectivity index (χ4v) is 1.79. The van der Waals surface area contributed by atoms with Crippen molar-refractivity contribution < 1.29 is 0 Å². The van der Waals surface area contributed by atoms with Crippen LogP contribution in [0.15, 0.2) is 24.3 Å². The van der Waals surface area contributed by atoms with Gasteiger partial charge in [-0.05, 0) is 55.0 Å². The number of nitrogens with two attached hydrogens (primary N) is 1. The summed E-state index contributed by atoms with van der Waals surface area (Å²) in [5.74, 6) is 0.699. The first-order valence-corrected chi connectivity index (χ1v) is 6.94. The lowest BCUT2D eigenvalue weighted by molar-refractivity contribution is 0.253. The molecule has 1 aromatic carbocycles. The highest BCUT2D eigenvalue weighted by molar-refractivity contribution is 5.40. The molecule has 0 aliphatic heterocycles. The monoisotopic (exact) mass is 248 g/mol. The molecule has 0 radical (unpaired) electrons. The summed E-state index contributed by atoms with van der Waals surface area (Å²) in [5, 5.41) is 3.55. The maximum Gasteiger partial charge on any atom is 0.0316 e. The van der Waals surface area contributed by atoms with Crippen LogP contribution in [0, 0.1) is 11.3 Å². The fraction of sp³-hybridized carbons (Fsp3) is 0.625. The van der Waals surface area contributed by atoms with Crippen molar-refractivity contribution >= 4 is 5.69 Å². The molecule has 0 fully saturated rings. The van der Waals surface area contributed by atoms with Crippen molar-refractivity contribution in [3.63, 3.8) is 0 Å². The van der Waals surface area contributed by atoms with Gasteiger partial charge in [0.1, 0.15) is 0 Å². The molecule has 0 spiro atoms. The number of benzene rings is 1. The molecule has 18 heavy (non-hydrogen) atoms. The van der Waals surface area contributed by atoms with Crippen LogP contribution < -0.4 is 11.1 Å². The third-order valence-corrected chi connectivity index (χ3v) is 3.70. The molecule has 0 saturated heterocycles. The van der Waals surface area contributed by atoms with E-state index in [0.29, 0.717) is 11.3 Å². The Balaban J connectivity index is 2.16. The summed E-state index contributed by atoms with van der Waals surface area (Å²) < 4.78 is 0. The number of rotatable bonds is 6. The van der Waals surface area contributed by atoms with Gasteiger partial charge in [-0.25, -0.2) is 0 Å². The first-order chi connectivity index (χ1) is 8.39. The fourth-order valence-electron chi connectivity index (χ4n) is 1.79. The Hall–Kier alpha value is -1.02. The SMILES string of the molecule is CC(CNCCCc1cccc(N)c1)C(C)(C)C. The van der Waals surface area contributed by atoms with Crippen LogP contribution in [-0.2, 0) is 6.42 Å². The van der Waals surface area contributed by atoms with E-state index < -0.39 is 0 Å². The molecule has 2 heteroatoms. The zero-order valence-electron chi connectivity index (χ0n) is 12.3. The molecule has 1 rings (SSSR count). The summed E-state index contributed by atoms with van der Waals surface area (Å²) >= 11 is 0. The average Bonchev–Trinajstić information content (AvgIpc) is 2.27. The van der Waals surface area contributed by atoms with Crippen LogP contribution >= 0.6 is 0 Å². The predicted octanol–water partition coefficient (Wildman–Crippen LogP) is 3.47. The van der Waals surface area contributed by atoms with E-state index in [4.69, 9.17) is 5.73 Å². The van der Waals surface area contributed by atoms with Gasteiger partial charge in [0, 0.05) is 5.69 Å². The molecule has 1 unspecified atom stereocenters. The first-order valence-electron chi connectivity index (χ1n) is 6.94. The van der Waals surface area contributed by atoms with E-state index in [1.54, 1.807) is 0 Å². The van der Waals surface area contributed by atoms with Crippen molar-refractivity contribution in [2.45, 2.75) is 40.5 Å². The molecule has 102 valence electrons. The van der Waals surface area contributed by atoms with Crippen molar-refractivity contribution in [2.24, 2.45) is 11.3 Å². The van der Waals surface area contributed by atoms with Gasteiger partial charge in [-0.2, -0.15) is 0 Å². The number of aryl methyl sites for hydroxylation is 1. The van der Waals surface area contributed by atoms with E-state index in [1.165, 1.54) is 12.0 Å². The van der Waals surface area contributed by atoms with Gasteiger partial charge < -0.3 is 11.1 Å². The third kappa shape index (κ3) is 5.54. The van der Waals surface area contributed by atoms with Gasteiger partial charge >= 0.3 is 0 Å². The van der Waals surface area contributed by atoms with E-state index in [-0.39, 0.29) is 0 Å². The van der Waals surface area contributed by atoms with Crippen molar-refractivity contribution in [3.8, 4) is 0 Å². The van der Waals surface area contributed by atoms with Crippen LogP contribution in [0.2, 0.25) is 0 Å². The van der Waals surface area contributed by atoms with E-state index >= 15 is 0 Å². The molecule has 3 N–H and O–H groups in total. The number of hydrogen-bond acceptors (Lipinski definition) is 2. The molecule has 1 aromatic rings. The smallest absolute Gasteiger partial charge is 0.0316 e. The van der Waals surface area contributed by atoms with E-state index in [1.807, 2.05) is 12.1 Å². The quantitative estimate of drug-likeness (QED) is 0.597. The topological polar surface area (TPSA) is 38.0 Å². The molecule has 0 aromatic heterocycles. The van der Waals surface area contributed by atoms with Gasteiger partial charge in [0.2, 0.25) is 0 Å². The molecule has 2 nitrogen and oxygen atoms in total. The summed E-state index contributed by atoms with van der Waals surface area (Å²) in [6, 6.07) is 8.18. The zero-order valence-corrected chi connectivity index (χ0v) is 12.3. The van der Waals surface area contributed by atoms with E-state index in [0.717, 1.165) is 25.2 Å². The van der Waals surface area contributed by atoms with Gasteiger partial charge in [0.25, 0.3) is 0 Å². The Morgan fingerprint density at radius 2 is 2.00 bits per heavy atom. The van der Waals surface area contributed by atoms with Gasteiger partial charge in [0.15, 0.2) is 0 Å². The minimum atomic E-state index is 0.390. The number of hydrogen-bond donors (Lipinski definition) is 2. The molecule has 1 atom stereocenters. The van der Waals surface area contributed by atoms with Gasteiger partial charge in [-0.15, -0.1) is 0 Å². The van der Waals surface area contributed by atoms with Crippen LogP contribution in [0.5, 0.6) is 0 Å². The Morgan fingerprint density at radius 3 is 2.61 bits per heavy atom. The summed E-state index contributed by atoms with van der Waals surface area (Å²) in [6.07, 6.45) is 2.27. The Bertz CT molecular complexity index is 352. The van der Waals surface area contributed by atoms with Crippen LogP contribution in [0.3, 0.4) is 0 Å². The average molecular weight is 248 g/mol. The third-order valence-electron chi connectivity index (χ3n) is 3.70. The Labute approximate surface area is 112 Å². The lowest BCUT2D eigenvalue weighted by atomic mass is 9.82. The van der Waals surface area contributed by atoms with E-state index in [9.17, 15) is 0 Å². The second-order valence-electron chi connectivity index (χ2n) is 6.32. The highest BCUT2D eigenvalue weighted by Gasteiger charge is 2.18. The second-order valence-corrected chi connectivity index (χ2v) is 6.32. The van der Waals surface area contributed by atoms with Crippen molar-refractivity contribution in [2.75, 3.05) is 18.8 Å². The van der Waals surface area contributed by atoms with Crippen molar-refractivity contribution in [3.05, 3.63) is 29.8 Å². The molecule has 0 aliphatic carbocycles. The van der Waals surface area contributed by atoms with Crippen molar-refractivity contribution in [1.82, 2.24) is 5.32 Å². The highest BCUT2D eigenvalue weighted by Crippen LogP contribution is 2.24. The number of nitrogen functional groups attached to an aromatic ring is 1. The lowest BCUT2D eigenvalue weighted by Gasteiger charge is -2.27. The molecule has 0 amide bonds. The van der Waals surface area contributed by atoms with Gasteiger partial charge in [-0.3, -0.25) is 0 Å². The molecular weight excluding hydrogens is 220 g/mol. The number of anilines is 1. The summed E-state index contributed by atoms with van der Waals surface area (Å²) in [4.78, 5) is 0. The summed E-state index contributed by atoms with van der Waals surface area (Å²) in [7, 11) is 0.